The highest BCUT2D eigenvalue weighted by Gasteiger charge is 2.57. The minimum Gasteiger partial charge on any atom is -0.373 e. The summed E-state index contributed by atoms with van der Waals surface area (Å²) in [6.45, 7) is 0.950. The van der Waals surface area contributed by atoms with Gasteiger partial charge in [-0.1, -0.05) is 70.6 Å². The lowest BCUT2D eigenvalue weighted by molar-refractivity contribution is -0.131. The molecule has 2 nitrogen and oxygen atoms in total. The molecule has 148 valence electrons. The van der Waals surface area contributed by atoms with E-state index in [0.717, 1.165) is 13.0 Å². The van der Waals surface area contributed by atoms with Gasteiger partial charge in [0.25, 0.3) is 0 Å². The van der Waals surface area contributed by atoms with Gasteiger partial charge in [0.2, 0.25) is 0 Å². The predicted molar refractivity (Wildman–Crippen MR) is 106 cm³/mol. The van der Waals surface area contributed by atoms with Crippen LogP contribution in [-0.2, 0) is 9.53 Å². The topological polar surface area (TPSA) is 29.6 Å². The van der Waals surface area contributed by atoms with Gasteiger partial charge >= 0.3 is 0 Å². The molecule has 26 heavy (non-hydrogen) atoms. The van der Waals surface area contributed by atoms with Crippen LogP contribution >= 0.6 is 0 Å². The Balaban J connectivity index is 1.48. The monoisotopic (exact) mass is 360 g/mol. The first-order chi connectivity index (χ1) is 12.7. The van der Waals surface area contributed by atoms with Crippen molar-refractivity contribution in [2.45, 2.75) is 122 Å². The van der Waals surface area contributed by atoms with Crippen molar-refractivity contribution in [1.29, 1.82) is 0 Å². The largest absolute Gasteiger partial charge is 0.373 e. The third kappa shape index (κ3) is 4.21. The molecule has 2 heteroatoms. The van der Waals surface area contributed by atoms with E-state index >= 15 is 0 Å². The molecule has 0 aromatic rings. The zero-order valence-electron chi connectivity index (χ0n) is 16.9. The second-order valence-electron chi connectivity index (χ2n) is 10.2. The number of hydrogen-bond donors (Lipinski definition) is 0. The molecule has 4 fully saturated rings. The van der Waals surface area contributed by atoms with E-state index in [-0.39, 0.29) is 5.41 Å². The molecule has 0 bridgehead atoms. The van der Waals surface area contributed by atoms with Crippen molar-refractivity contribution in [2.75, 3.05) is 6.61 Å². The average Bonchev–Trinajstić information content (AvgIpc) is 3.39. The highest BCUT2D eigenvalue weighted by molar-refractivity contribution is 5.88. The fourth-order valence-electron chi connectivity index (χ4n) is 6.84. The van der Waals surface area contributed by atoms with Gasteiger partial charge in [-0.3, -0.25) is 4.79 Å². The number of hydrogen-bond acceptors (Lipinski definition) is 2. The van der Waals surface area contributed by atoms with E-state index in [1.807, 2.05) is 0 Å². The summed E-state index contributed by atoms with van der Waals surface area (Å²) in [5.74, 6) is 1.28. The second kappa shape index (κ2) is 8.33. The molecule has 0 amide bonds. The Bertz CT molecular complexity index is 469. The maximum absolute atomic E-state index is 13.5. The highest BCUT2D eigenvalue weighted by atomic mass is 16.6. The molecule has 4 rings (SSSR count). The third-order valence-electron chi connectivity index (χ3n) is 8.35. The van der Waals surface area contributed by atoms with Gasteiger partial charge in [-0.25, -0.2) is 0 Å². The van der Waals surface area contributed by atoms with Crippen LogP contribution in [0.15, 0.2) is 0 Å². The van der Waals surface area contributed by atoms with Crippen LogP contribution in [-0.4, -0.2) is 18.5 Å². The Morgan fingerprint density at radius 2 is 1.38 bits per heavy atom. The first kappa shape index (κ1) is 19.0. The van der Waals surface area contributed by atoms with Crippen LogP contribution in [0.2, 0.25) is 0 Å². The molecule has 2 spiro atoms. The minimum atomic E-state index is 0.0429. The summed E-state index contributed by atoms with van der Waals surface area (Å²) >= 11 is 0. The number of ether oxygens (including phenoxy) is 1. The molecule has 0 aromatic carbocycles. The SMILES string of the molecule is O=C1CC2(CCCCCCCCCCC2)CC12CCCCC2CC1CO1. The number of epoxide rings is 1. The van der Waals surface area contributed by atoms with Gasteiger partial charge in [-0.05, 0) is 49.9 Å². The Morgan fingerprint density at radius 1 is 0.808 bits per heavy atom. The van der Waals surface area contributed by atoms with E-state index in [4.69, 9.17) is 4.74 Å². The molecule has 0 N–H and O–H groups in total. The van der Waals surface area contributed by atoms with Gasteiger partial charge in [0, 0.05) is 11.8 Å². The van der Waals surface area contributed by atoms with Gasteiger partial charge in [-0.2, -0.15) is 0 Å². The molecule has 1 saturated heterocycles. The fourth-order valence-corrected chi connectivity index (χ4v) is 6.84. The number of Topliss-reactive ketones (excluding diaryl/α,β-unsaturated/α-hetero) is 1. The molecule has 3 unspecified atom stereocenters. The molecule has 3 aliphatic carbocycles. The lowest BCUT2D eigenvalue weighted by Crippen LogP contribution is -2.38. The summed E-state index contributed by atoms with van der Waals surface area (Å²) in [6, 6.07) is 0. The Morgan fingerprint density at radius 3 is 2.00 bits per heavy atom. The summed E-state index contributed by atoms with van der Waals surface area (Å²) in [5, 5.41) is 0. The van der Waals surface area contributed by atoms with Crippen LogP contribution in [0.25, 0.3) is 0 Å². The van der Waals surface area contributed by atoms with Crippen LogP contribution < -0.4 is 0 Å². The van der Waals surface area contributed by atoms with E-state index in [1.54, 1.807) is 0 Å². The highest BCUT2D eigenvalue weighted by Crippen LogP contribution is 2.61. The van der Waals surface area contributed by atoms with Crippen molar-refractivity contribution in [3.8, 4) is 0 Å². The molecule has 0 aromatic heterocycles. The summed E-state index contributed by atoms with van der Waals surface area (Å²) in [4.78, 5) is 13.5. The zero-order chi connectivity index (χ0) is 17.9. The van der Waals surface area contributed by atoms with Gasteiger partial charge in [0.05, 0.1) is 12.7 Å². The van der Waals surface area contributed by atoms with Crippen LogP contribution in [0, 0.1) is 16.7 Å². The maximum Gasteiger partial charge on any atom is 0.139 e. The normalized spacial score (nSPS) is 38.8. The summed E-state index contributed by atoms with van der Waals surface area (Å²) in [7, 11) is 0. The molecule has 3 saturated carbocycles. The van der Waals surface area contributed by atoms with Crippen LogP contribution in [0.5, 0.6) is 0 Å². The summed E-state index contributed by atoms with van der Waals surface area (Å²) < 4.78 is 5.57. The standard InChI is InChI=1S/C24H40O2/c25-22-17-23(13-9-6-4-2-1-3-5-7-10-14-23)19-24(22)15-11-8-12-20(24)16-21-18-26-21/h20-21H,1-19H2. The third-order valence-corrected chi connectivity index (χ3v) is 8.35. The molecular formula is C24H40O2. The Labute approximate surface area is 160 Å². The van der Waals surface area contributed by atoms with Crippen LogP contribution in [0.1, 0.15) is 116 Å². The van der Waals surface area contributed by atoms with Crippen LogP contribution in [0.3, 0.4) is 0 Å². The Hall–Kier alpha value is -0.370. The van der Waals surface area contributed by atoms with Gasteiger partial charge < -0.3 is 4.74 Å². The predicted octanol–water partition coefficient (Wildman–Crippen LogP) is 6.61. The maximum atomic E-state index is 13.5. The van der Waals surface area contributed by atoms with E-state index in [0.29, 0.717) is 23.2 Å². The van der Waals surface area contributed by atoms with E-state index in [9.17, 15) is 4.79 Å². The molecule has 4 aliphatic rings. The lowest BCUT2D eigenvalue weighted by Gasteiger charge is -2.42. The smallest absolute Gasteiger partial charge is 0.139 e. The first-order valence-electron chi connectivity index (χ1n) is 11.9. The number of carbonyl (C=O) groups is 1. The van der Waals surface area contributed by atoms with Gasteiger partial charge in [0.15, 0.2) is 0 Å². The lowest BCUT2D eigenvalue weighted by atomic mass is 9.61. The average molecular weight is 361 g/mol. The van der Waals surface area contributed by atoms with Crippen molar-refractivity contribution in [3.63, 3.8) is 0 Å². The molecular weight excluding hydrogens is 320 g/mol. The van der Waals surface area contributed by atoms with Gasteiger partial charge in [0.1, 0.15) is 5.78 Å². The quantitative estimate of drug-likeness (QED) is 0.519. The molecule has 0 radical (unpaired) electrons. The van der Waals surface area contributed by atoms with E-state index < -0.39 is 0 Å². The van der Waals surface area contributed by atoms with Gasteiger partial charge in [-0.15, -0.1) is 0 Å². The van der Waals surface area contributed by atoms with Crippen molar-refractivity contribution in [2.24, 2.45) is 16.7 Å². The number of ketones is 1. The van der Waals surface area contributed by atoms with E-state index in [1.165, 1.54) is 109 Å². The van der Waals surface area contributed by atoms with Crippen molar-refractivity contribution < 1.29 is 9.53 Å². The number of carbonyl (C=O) groups excluding carboxylic acids is 1. The van der Waals surface area contributed by atoms with E-state index in [2.05, 4.69) is 0 Å². The second-order valence-corrected chi connectivity index (χ2v) is 10.2. The van der Waals surface area contributed by atoms with Crippen molar-refractivity contribution >= 4 is 5.78 Å². The minimum absolute atomic E-state index is 0.0429. The Kier molecular flexibility index (Phi) is 6.08. The molecule has 3 atom stereocenters. The first-order valence-corrected chi connectivity index (χ1v) is 11.9. The molecule has 1 heterocycles. The number of rotatable bonds is 2. The van der Waals surface area contributed by atoms with Crippen molar-refractivity contribution in [1.82, 2.24) is 0 Å². The molecule has 1 aliphatic heterocycles. The van der Waals surface area contributed by atoms with Crippen LogP contribution in [0.4, 0.5) is 0 Å². The zero-order valence-corrected chi connectivity index (χ0v) is 16.9. The summed E-state index contributed by atoms with van der Waals surface area (Å²) in [6.07, 6.45) is 24.2. The summed E-state index contributed by atoms with van der Waals surface area (Å²) in [5.41, 5.74) is 0.400. The van der Waals surface area contributed by atoms with Crippen molar-refractivity contribution in [3.05, 3.63) is 0 Å². The fraction of sp³-hybridized carbons (Fsp3) is 0.958.